The SMILES string of the molecule is CCOS(=O)(=O)[O-].CCOS(=O)(=O)[O-].[Fe+2]. The van der Waals surface area contributed by atoms with Crippen LogP contribution in [0.4, 0.5) is 0 Å². The molecule has 0 radical (unpaired) electrons. The van der Waals surface area contributed by atoms with Gasteiger partial charge < -0.3 is 9.11 Å². The van der Waals surface area contributed by atoms with Gasteiger partial charge in [0.2, 0.25) is 20.8 Å². The fourth-order valence-electron chi connectivity index (χ4n) is 0.289. The van der Waals surface area contributed by atoms with Gasteiger partial charge in [-0.15, -0.1) is 0 Å². The van der Waals surface area contributed by atoms with Crippen molar-refractivity contribution in [3.8, 4) is 0 Å². The van der Waals surface area contributed by atoms with E-state index in [1.165, 1.54) is 13.8 Å². The molecule has 0 heterocycles. The zero-order chi connectivity index (χ0) is 11.8. The van der Waals surface area contributed by atoms with Gasteiger partial charge in [0.25, 0.3) is 0 Å². The maximum Gasteiger partial charge on any atom is 2.00 e. The molecule has 0 unspecified atom stereocenters. The molecule has 0 aliphatic heterocycles. The van der Waals surface area contributed by atoms with Gasteiger partial charge in [0.15, 0.2) is 0 Å². The van der Waals surface area contributed by atoms with Crippen LogP contribution in [0.15, 0.2) is 0 Å². The van der Waals surface area contributed by atoms with E-state index in [0.717, 1.165) is 0 Å². The average Bonchev–Trinajstić information content (AvgIpc) is 1.81. The molecule has 0 aromatic heterocycles. The molecule has 0 fully saturated rings. The molecule has 0 spiro atoms. The summed E-state index contributed by atoms with van der Waals surface area (Å²) in [5, 5.41) is 0. The Morgan fingerprint density at radius 2 is 1.07 bits per heavy atom. The van der Waals surface area contributed by atoms with Gasteiger partial charge in [-0.05, 0) is 13.8 Å². The molecule has 0 rings (SSSR count). The maximum atomic E-state index is 9.45. The fraction of sp³-hybridized carbons (Fsp3) is 1.00. The van der Waals surface area contributed by atoms with Crippen molar-refractivity contribution in [1.29, 1.82) is 0 Å². The second-order valence-corrected chi connectivity index (χ2v) is 3.73. The molecule has 0 atom stereocenters. The predicted molar refractivity (Wildman–Crippen MR) is 42.6 cm³/mol. The van der Waals surface area contributed by atoms with E-state index >= 15 is 0 Å². The van der Waals surface area contributed by atoms with Crippen LogP contribution in [0.3, 0.4) is 0 Å². The van der Waals surface area contributed by atoms with E-state index in [1.54, 1.807) is 0 Å². The van der Waals surface area contributed by atoms with Gasteiger partial charge in [-0.25, -0.2) is 16.8 Å². The van der Waals surface area contributed by atoms with Crippen molar-refractivity contribution in [1.82, 2.24) is 0 Å². The van der Waals surface area contributed by atoms with Crippen LogP contribution in [-0.4, -0.2) is 39.2 Å². The van der Waals surface area contributed by atoms with Crippen LogP contribution >= 0.6 is 0 Å². The van der Waals surface area contributed by atoms with Gasteiger partial charge in [0, 0.05) is 0 Å². The van der Waals surface area contributed by atoms with Gasteiger partial charge in [0.05, 0.1) is 13.2 Å². The third-order valence-corrected chi connectivity index (χ3v) is 1.57. The van der Waals surface area contributed by atoms with Gasteiger partial charge in [-0.1, -0.05) is 0 Å². The van der Waals surface area contributed by atoms with E-state index in [0.29, 0.717) is 0 Å². The molecule has 15 heavy (non-hydrogen) atoms. The minimum atomic E-state index is -4.42. The van der Waals surface area contributed by atoms with E-state index in [9.17, 15) is 25.9 Å². The van der Waals surface area contributed by atoms with Crippen LogP contribution in [-0.2, 0) is 46.2 Å². The van der Waals surface area contributed by atoms with E-state index in [-0.39, 0.29) is 30.3 Å². The summed E-state index contributed by atoms with van der Waals surface area (Å²) < 4.78 is 64.0. The molecule has 8 nitrogen and oxygen atoms in total. The number of hydrogen-bond donors (Lipinski definition) is 0. The smallest absolute Gasteiger partial charge is 0.726 e. The quantitative estimate of drug-likeness (QED) is 0.365. The topological polar surface area (TPSA) is 133 Å². The Bertz CT molecular complexity index is 285. The van der Waals surface area contributed by atoms with Gasteiger partial charge in [-0.3, -0.25) is 8.37 Å². The molecule has 0 aliphatic rings. The van der Waals surface area contributed by atoms with Crippen molar-refractivity contribution in [2.24, 2.45) is 0 Å². The Balaban J connectivity index is -0.000000180. The van der Waals surface area contributed by atoms with Crippen LogP contribution in [0.1, 0.15) is 13.8 Å². The van der Waals surface area contributed by atoms with Crippen molar-refractivity contribution >= 4 is 20.8 Å². The van der Waals surface area contributed by atoms with Crippen LogP contribution in [0.25, 0.3) is 0 Å². The van der Waals surface area contributed by atoms with Crippen molar-refractivity contribution in [3.05, 3.63) is 0 Å². The molecular weight excluding hydrogens is 296 g/mol. The molecule has 94 valence electrons. The van der Waals surface area contributed by atoms with Gasteiger partial charge >= 0.3 is 17.1 Å². The summed E-state index contributed by atoms with van der Waals surface area (Å²) in [7, 11) is -8.85. The summed E-state index contributed by atoms with van der Waals surface area (Å²) in [6.45, 7) is 2.67. The first-order valence-corrected chi connectivity index (χ1v) is 5.99. The third-order valence-electron chi connectivity index (χ3n) is 0.524. The summed E-state index contributed by atoms with van der Waals surface area (Å²) in [6, 6.07) is 0. The molecular formula is C4H10FeO8S2. The Labute approximate surface area is 99.3 Å². The Morgan fingerprint density at radius 1 is 0.867 bits per heavy atom. The van der Waals surface area contributed by atoms with Crippen molar-refractivity contribution in [3.63, 3.8) is 0 Å². The predicted octanol–water partition coefficient (Wildman–Crippen LogP) is -1.04. The minimum absolute atomic E-state index is 0. The largest absolute Gasteiger partial charge is 2.00 e. The van der Waals surface area contributed by atoms with Gasteiger partial charge in [-0.2, -0.15) is 0 Å². The molecule has 0 amide bonds. The van der Waals surface area contributed by atoms with Crippen LogP contribution in [0, 0.1) is 0 Å². The molecule has 0 saturated heterocycles. The summed E-state index contributed by atoms with van der Waals surface area (Å²) in [6.07, 6.45) is 0. The zero-order valence-electron chi connectivity index (χ0n) is 7.85. The van der Waals surface area contributed by atoms with E-state index in [1.807, 2.05) is 0 Å². The second kappa shape index (κ2) is 9.48. The average molecular weight is 306 g/mol. The normalized spacial score (nSPS) is 10.9. The first kappa shape index (κ1) is 20.6. The van der Waals surface area contributed by atoms with E-state index in [2.05, 4.69) is 8.37 Å². The van der Waals surface area contributed by atoms with Crippen molar-refractivity contribution in [2.75, 3.05) is 13.2 Å². The number of hydrogen-bond acceptors (Lipinski definition) is 8. The molecule has 0 aromatic rings. The molecule has 0 bridgehead atoms. The summed E-state index contributed by atoms with van der Waals surface area (Å²) in [4.78, 5) is 0. The minimum Gasteiger partial charge on any atom is -0.726 e. The molecule has 0 aromatic carbocycles. The van der Waals surface area contributed by atoms with Gasteiger partial charge in [0.1, 0.15) is 0 Å². The molecule has 0 N–H and O–H groups in total. The van der Waals surface area contributed by atoms with E-state index in [4.69, 9.17) is 0 Å². The van der Waals surface area contributed by atoms with Crippen molar-refractivity contribution in [2.45, 2.75) is 13.8 Å². The zero-order valence-corrected chi connectivity index (χ0v) is 10.6. The first-order chi connectivity index (χ1) is 6.12. The Morgan fingerprint density at radius 3 is 1.07 bits per heavy atom. The Kier molecular flexibility index (Phi) is 13.1. The summed E-state index contributed by atoms with van der Waals surface area (Å²) in [5.74, 6) is 0. The summed E-state index contributed by atoms with van der Waals surface area (Å²) in [5.41, 5.74) is 0. The second-order valence-electron chi connectivity index (χ2n) is 1.63. The molecule has 0 saturated carbocycles. The monoisotopic (exact) mass is 306 g/mol. The first-order valence-electron chi connectivity index (χ1n) is 3.32. The van der Waals surface area contributed by atoms with Crippen LogP contribution < -0.4 is 0 Å². The Hall–Kier alpha value is 0.259. The van der Waals surface area contributed by atoms with E-state index < -0.39 is 20.8 Å². The fourth-order valence-corrected chi connectivity index (χ4v) is 0.866. The summed E-state index contributed by atoms with van der Waals surface area (Å²) >= 11 is 0. The molecule has 11 heteroatoms. The third kappa shape index (κ3) is 31.4. The maximum absolute atomic E-state index is 9.45. The van der Waals surface area contributed by atoms with Crippen molar-refractivity contribution < 1.29 is 51.4 Å². The van der Waals surface area contributed by atoms with Crippen LogP contribution in [0.2, 0.25) is 0 Å². The number of rotatable bonds is 4. The molecule has 0 aliphatic carbocycles. The van der Waals surface area contributed by atoms with Crippen LogP contribution in [0.5, 0.6) is 0 Å². The standard InChI is InChI=1S/2C2H6O4S.Fe/c2*1-2-6-7(3,4)5;/h2*2H2,1H3,(H,3,4,5);/q;;+2/p-2.